The van der Waals surface area contributed by atoms with E-state index in [1.165, 1.54) is 18.5 Å². The van der Waals surface area contributed by atoms with Gasteiger partial charge in [0, 0.05) is 30.1 Å². The first-order valence-corrected chi connectivity index (χ1v) is 7.28. The van der Waals surface area contributed by atoms with Gasteiger partial charge in [0.05, 0.1) is 0 Å². The van der Waals surface area contributed by atoms with Crippen molar-refractivity contribution in [3.8, 4) is 0 Å². The molecule has 1 saturated carbocycles. The van der Waals surface area contributed by atoms with E-state index in [9.17, 15) is 4.79 Å². The first-order chi connectivity index (χ1) is 9.19. The number of carbonyl (C=O) groups excluding carboxylic acids is 1. The lowest BCUT2D eigenvalue weighted by Crippen LogP contribution is -2.48. The number of nitrogens with one attached hydrogen (secondary N) is 2. The maximum atomic E-state index is 12.2. The van der Waals surface area contributed by atoms with Crippen LogP contribution in [-0.2, 0) is 11.3 Å². The molecule has 1 aliphatic heterocycles. The molecule has 112 valence electrons. The third-order valence-electron chi connectivity index (χ3n) is 4.29. The summed E-state index contributed by atoms with van der Waals surface area (Å²) in [6, 6.07) is 2.05. The highest BCUT2D eigenvalue weighted by molar-refractivity contribution is 5.91. The number of rotatable bonds is 5. The van der Waals surface area contributed by atoms with Crippen LogP contribution < -0.4 is 10.6 Å². The number of halogens is 1. The van der Waals surface area contributed by atoms with Crippen LogP contribution in [0.25, 0.3) is 0 Å². The third kappa shape index (κ3) is 2.99. The molecule has 0 aromatic carbocycles. The molecule has 1 unspecified atom stereocenters. The van der Waals surface area contributed by atoms with Crippen LogP contribution in [0, 0.1) is 11.8 Å². The predicted octanol–water partition coefficient (Wildman–Crippen LogP) is 2.00. The summed E-state index contributed by atoms with van der Waals surface area (Å²) in [6.07, 6.45) is 2.51. The molecule has 1 saturated heterocycles. The highest BCUT2D eigenvalue weighted by atomic mass is 35.5. The Balaban J connectivity index is 0.00000147. The lowest BCUT2D eigenvalue weighted by atomic mass is 9.88. The zero-order valence-electron chi connectivity index (χ0n) is 12.1. The predicted molar refractivity (Wildman–Crippen MR) is 81.3 cm³/mol. The molecular weight excluding hydrogens is 276 g/mol. The van der Waals surface area contributed by atoms with Crippen molar-refractivity contribution < 1.29 is 4.79 Å². The van der Waals surface area contributed by atoms with Crippen LogP contribution in [0.2, 0.25) is 0 Å². The van der Waals surface area contributed by atoms with Gasteiger partial charge in [-0.2, -0.15) is 5.10 Å². The monoisotopic (exact) mass is 298 g/mol. The summed E-state index contributed by atoms with van der Waals surface area (Å²) >= 11 is 0. The second kappa shape index (κ2) is 6.14. The molecule has 2 fully saturated rings. The van der Waals surface area contributed by atoms with Gasteiger partial charge >= 0.3 is 0 Å². The molecule has 2 aliphatic rings. The Kier molecular flexibility index (Phi) is 4.70. The fourth-order valence-electron chi connectivity index (χ4n) is 2.57. The van der Waals surface area contributed by atoms with Gasteiger partial charge < -0.3 is 10.6 Å². The van der Waals surface area contributed by atoms with Crippen molar-refractivity contribution in [3.63, 3.8) is 0 Å². The van der Waals surface area contributed by atoms with Crippen molar-refractivity contribution in [3.05, 3.63) is 11.8 Å². The van der Waals surface area contributed by atoms with E-state index in [4.69, 9.17) is 0 Å². The number of hydrogen-bond donors (Lipinski definition) is 2. The molecule has 0 spiro atoms. The molecule has 3 rings (SSSR count). The van der Waals surface area contributed by atoms with E-state index in [0.717, 1.165) is 19.6 Å². The van der Waals surface area contributed by atoms with Crippen molar-refractivity contribution in [1.29, 1.82) is 0 Å². The minimum Gasteiger partial charge on any atom is -0.316 e. The first-order valence-electron chi connectivity index (χ1n) is 7.28. The summed E-state index contributed by atoms with van der Waals surface area (Å²) in [5, 5.41) is 10.7. The van der Waals surface area contributed by atoms with Gasteiger partial charge in [0.25, 0.3) is 0 Å². The molecule has 2 N–H and O–H groups in total. The Bertz CT molecular complexity index is 480. The number of aromatic nitrogens is 2. The summed E-state index contributed by atoms with van der Waals surface area (Å²) in [6.45, 7) is 6.85. The molecule has 1 aliphatic carbocycles. The average Bonchev–Trinajstić information content (AvgIpc) is 3.09. The minimum atomic E-state index is 0. The topological polar surface area (TPSA) is 59.0 Å². The van der Waals surface area contributed by atoms with Gasteiger partial charge in [-0.05, 0) is 38.8 Å². The van der Waals surface area contributed by atoms with Gasteiger partial charge in [-0.3, -0.25) is 9.48 Å². The molecule has 2 heterocycles. The van der Waals surface area contributed by atoms with Gasteiger partial charge in [0.15, 0.2) is 5.82 Å². The molecule has 1 atom stereocenters. The highest BCUT2D eigenvalue weighted by Crippen LogP contribution is 2.40. The first kappa shape index (κ1) is 15.3. The SMILES string of the molecule is CCn1nc(NC(=O)C(C)C2CNC2)cc1C1CC1.Cl. The smallest absolute Gasteiger partial charge is 0.228 e. The van der Waals surface area contributed by atoms with Crippen molar-refractivity contribution >= 4 is 24.1 Å². The van der Waals surface area contributed by atoms with Crippen LogP contribution in [0.1, 0.15) is 38.3 Å². The van der Waals surface area contributed by atoms with Gasteiger partial charge in [0.1, 0.15) is 0 Å². The number of anilines is 1. The maximum Gasteiger partial charge on any atom is 0.228 e. The summed E-state index contributed by atoms with van der Waals surface area (Å²) in [4.78, 5) is 12.2. The van der Waals surface area contributed by atoms with E-state index in [1.807, 2.05) is 17.7 Å². The molecule has 0 radical (unpaired) electrons. The van der Waals surface area contributed by atoms with E-state index in [-0.39, 0.29) is 24.2 Å². The van der Waals surface area contributed by atoms with Gasteiger partial charge in [-0.1, -0.05) is 6.92 Å². The van der Waals surface area contributed by atoms with Gasteiger partial charge in [0.2, 0.25) is 5.91 Å². The van der Waals surface area contributed by atoms with Crippen LogP contribution in [0.15, 0.2) is 6.07 Å². The summed E-state index contributed by atoms with van der Waals surface area (Å²) < 4.78 is 2.02. The second-order valence-corrected chi connectivity index (χ2v) is 5.74. The van der Waals surface area contributed by atoms with E-state index in [0.29, 0.717) is 17.7 Å². The summed E-state index contributed by atoms with van der Waals surface area (Å²) in [7, 11) is 0. The zero-order chi connectivity index (χ0) is 13.4. The molecule has 1 amide bonds. The van der Waals surface area contributed by atoms with Crippen LogP contribution in [0.5, 0.6) is 0 Å². The number of aryl methyl sites for hydroxylation is 1. The maximum absolute atomic E-state index is 12.2. The van der Waals surface area contributed by atoms with Crippen molar-refractivity contribution in [2.24, 2.45) is 11.8 Å². The standard InChI is InChI=1S/C14H22N4O.ClH/c1-3-18-12(10-4-5-10)6-13(17-18)16-14(19)9(2)11-7-15-8-11;/h6,9-11,15H,3-5,7-8H2,1-2H3,(H,16,17,19);1H. The fraction of sp³-hybridized carbons (Fsp3) is 0.714. The Morgan fingerprint density at radius 3 is 2.75 bits per heavy atom. The van der Waals surface area contributed by atoms with E-state index >= 15 is 0 Å². The fourth-order valence-corrected chi connectivity index (χ4v) is 2.57. The highest BCUT2D eigenvalue weighted by Gasteiger charge is 2.30. The molecule has 0 bridgehead atoms. The summed E-state index contributed by atoms with van der Waals surface area (Å²) in [5.74, 6) is 1.99. The third-order valence-corrected chi connectivity index (χ3v) is 4.29. The van der Waals surface area contributed by atoms with Crippen molar-refractivity contribution in [2.75, 3.05) is 18.4 Å². The van der Waals surface area contributed by atoms with E-state index in [1.54, 1.807) is 0 Å². The molecule has 20 heavy (non-hydrogen) atoms. The Hall–Kier alpha value is -1.07. The largest absolute Gasteiger partial charge is 0.316 e. The molecule has 1 aromatic rings. The molecule has 6 heteroatoms. The van der Waals surface area contributed by atoms with Crippen LogP contribution in [-0.4, -0.2) is 28.8 Å². The number of hydrogen-bond acceptors (Lipinski definition) is 3. The van der Waals surface area contributed by atoms with Gasteiger partial charge in [-0.25, -0.2) is 0 Å². The van der Waals surface area contributed by atoms with Crippen LogP contribution >= 0.6 is 12.4 Å². The van der Waals surface area contributed by atoms with Gasteiger partial charge in [-0.15, -0.1) is 12.4 Å². The Morgan fingerprint density at radius 1 is 1.55 bits per heavy atom. The van der Waals surface area contributed by atoms with E-state index in [2.05, 4.69) is 22.7 Å². The lowest BCUT2D eigenvalue weighted by Gasteiger charge is -2.31. The quantitative estimate of drug-likeness (QED) is 0.874. The van der Waals surface area contributed by atoms with E-state index < -0.39 is 0 Å². The second-order valence-electron chi connectivity index (χ2n) is 5.74. The molecule has 1 aromatic heterocycles. The van der Waals surface area contributed by atoms with Crippen LogP contribution in [0.4, 0.5) is 5.82 Å². The zero-order valence-corrected chi connectivity index (χ0v) is 12.9. The normalized spacial score (nSPS) is 19.9. The lowest BCUT2D eigenvalue weighted by molar-refractivity contribution is -0.121. The Labute approximate surface area is 125 Å². The average molecular weight is 299 g/mol. The minimum absolute atomic E-state index is 0. The molecule has 5 nitrogen and oxygen atoms in total. The number of nitrogens with zero attached hydrogens (tertiary/aromatic N) is 2. The number of amides is 1. The summed E-state index contributed by atoms with van der Waals surface area (Å²) in [5.41, 5.74) is 1.27. The van der Waals surface area contributed by atoms with Crippen LogP contribution in [0.3, 0.4) is 0 Å². The molecular formula is C14H23ClN4O. The van der Waals surface area contributed by atoms with Crippen molar-refractivity contribution in [2.45, 2.75) is 39.2 Å². The van der Waals surface area contributed by atoms with Crippen molar-refractivity contribution in [1.82, 2.24) is 15.1 Å². The number of carbonyl (C=O) groups is 1. The Morgan fingerprint density at radius 2 is 2.25 bits per heavy atom.